The van der Waals surface area contributed by atoms with Gasteiger partial charge in [-0.05, 0) is 43.0 Å². The molecule has 7 heteroatoms. The van der Waals surface area contributed by atoms with E-state index >= 15 is 0 Å². The molecule has 148 valence electrons. The van der Waals surface area contributed by atoms with Crippen molar-refractivity contribution in [1.82, 2.24) is 15.2 Å². The number of methoxy groups -OCH3 is 1. The maximum Gasteiger partial charge on any atom is 0.264 e. The molecule has 1 aliphatic carbocycles. The normalized spacial score (nSPS) is 18.9. The third-order valence-electron chi connectivity index (χ3n) is 5.20. The van der Waals surface area contributed by atoms with Gasteiger partial charge in [-0.2, -0.15) is 0 Å². The third kappa shape index (κ3) is 3.93. The van der Waals surface area contributed by atoms with Crippen molar-refractivity contribution in [1.29, 1.82) is 0 Å². The highest BCUT2D eigenvalue weighted by molar-refractivity contribution is 5.99. The van der Waals surface area contributed by atoms with Crippen molar-refractivity contribution in [3.05, 3.63) is 63.6 Å². The highest BCUT2D eigenvalue weighted by atomic mass is 16.5. The summed E-state index contributed by atoms with van der Waals surface area (Å²) in [7, 11) is 3.03. The van der Waals surface area contributed by atoms with Gasteiger partial charge < -0.3 is 19.9 Å². The van der Waals surface area contributed by atoms with E-state index in [0.717, 1.165) is 12.0 Å². The average molecular weight is 383 g/mol. The molecule has 28 heavy (non-hydrogen) atoms. The Kier molecular flexibility index (Phi) is 5.53. The van der Waals surface area contributed by atoms with Crippen LogP contribution in [0.25, 0.3) is 0 Å². The van der Waals surface area contributed by atoms with Gasteiger partial charge in [-0.25, -0.2) is 0 Å². The van der Waals surface area contributed by atoms with Gasteiger partial charge in [0.15, 0.2) is 0 Å². The molecular formula is C21H25N3O4. The number of benzene rings is 1. The average Bonchev–Trinajstić information content (AvgIpc) is 3.41. The molecule has 2 aromatic rings. The molecule has 3 atom stereocenters. The van der Waals surface area contributed by atoms with Crippen LogP contribution in [-0.4, -0.2) is 36.6 Å². The summed E-state index contributed by atoms with van der Waals surface area (Å²) in [4.78, 5) is 37.8. The van der Waals surface area contributed by atoms with Crippen LogP contribution in [0.4, 0.5) is 0 Å². The van der Waals surface area contributed by atoms with E-state index in [1.54, 1.807) is 7.11 Å². The van der Waals surface area contributed by atoms with E-state index in [2.05, 4.69) is 17.6 Å². The lowest BCUT2D eigenvalue weighted by atomic mass is 10.1. The van der Waals surface area contributed by atoms with Crippen molar-refractivity contribution in [2.75, 3.05) is 14.2 Å². The van der Waals surface area contributed by atoms with E-state index in [9.17, 15) is 14.4 Å². The Labute approximate surface area is 163 Å². The number of pyridine rings is 1. The van der Waals surface area contributed by atoms with Crippen molar-refractivity contribution in [3.8, 4) is 5.75 Å². The predicted molar refractivity (Wildman–Crippen MR) is 106 cm³/mol. The molecule has 1 aliphatic rings. The van der Waals surface area contributed by atoms with Crippen LogP contribution in [-0.2, 0) is 0 Å². The van der Waals surface area contributed by atoms with Gasteiger partial charge >= 0.3 is 0 Å². The molecule has 1 aromatic carbocycles. The molecule has 0 bridgehead atoms. The number of amides is 2. The van der Waals surface area contributed by atoms with Crippen LogP contribution in [0.5, 0.6) is 5.75 Å². The van der Waals surface area contributed by atoms with Crippen molar-refractivity contribution in [2.45, 2.75) is 32.4 Å². The molecule has 1 fully saturated rings. The highest BCUT2D eigenvalue weighted by Gasteiger charge is 2.34. The summed E-state index contributed by atoms with van der Waals surface area (Å²) >= 11 is 0. The first-order valence-corrected chi connectivity index (χ1v) is 9.28. The van der Waals surface area contributed by atoms with Crippen LogP contribution >= 0.6 is 0 Å². The number of hydrogen-bond donors (Lipinski definition) is 2. The zero-order valence-electron chi connectivity index (χ0n) is 16.5. The Morgan fingerprint density at radius 2 is 1.96 bits per heavy atom. The van der Waals surface area contributed by atoms with E-state index in [4.69, 9.17) is 4.74 Å². The van der Waals surface area contributed by atoms with E-state index in [-0.39, 0.29) is 23.1 Å². The number of ether oxygens (including phenoxy) is 1. The molecule has 2 amide bonds. The molecule has 0 radical (unpaired) electrons. The van der Waals surface area contributed by atoms with Crippen LogP contribution in [0.15, 0.2) is 41.3 Å². The standard InChI is InChI=1S/C21H25N3O4/c1-12-8-18(12)23-19(25)15-10-17(20(26)22-3)21(27)24(11-15)13(2)14-6-5-7-16(9-14)28-4/h5-7,9-13,18H,8H2,1-4H3,(H,22,26)(H,23,25)/t12-,13-,18-/m0/s1. The Balaban J connectivity index is 2.05. The molecule has 0 unspecified atom stereocenters. The Bertz CT molecular complexity index is 966. The summed E-state index contributed by atoms with van der Waals surface area (Å²) in [6, 6.07) is 8.47. The number of aromatic nitrogens is 1. The molecule has 0 spiro atoms. The van der Waals surface area contributed by atoms with E-state index in [0.29, 0.717) is 11.7 Å². The van der Waals surface area contributed by atoms with Crippen molar-refractivity contribution >= 4 is 11.8 Å². The van der Waals surface area contributed by atoms with Crippen molar-refractivity contribution in [2.24, 2.45) is 5.92 Å². The summed E-state index contributed by atoms with van der Waals surface area (Å²) in [6.45, 7) is 3.90. The zero-order valence-corrected chi connectivity index (χ0v) is 16.5. The third-order valence-corrected chi connectivity index (χ3v) is 5.20. The van der Waals surface area contributed by atoms with Crippen molar-refractivity contribution < 1.29 is 14.3 Å². The molecule has 1 aromatic heterocycles. The van der Waals surface area contributed by atoms with Gasteiger partial charge in [0.1, 0.15) is 11.3 Å². The fourth-order valence-corrected chi connectivity index (χ4v) is 3.15. The van der Waals surface area contributed by atoms with Crippen LogP contribution in [0.2, 0.25) is 0 Å². The first-order chi connectivity index (χ1) is 13.3. The topological polar surface area (TPSA) is 89.4 Å². The monoisotopic (exact) mass is 383 g/mol. The second kappa shape index (κ2) is 7.88. The number of carbonyl (C=O) groups is 2. The van der Waals surface area contributed by atoms with Crippen LogP contribution in [0, 0.1) is 5.92 Å². The Morgan fingerprint density at radius 3 is 2.57 bits per heavy atom. The minimum Gasteiger partial charge on any atom is -0.497 e. The molecular weight excluding hydrogens is 358 g/mol. The van der Waals surface area contributed by atoms with E-state index < -0.39 is 17.5 Å². The molecule has 1 saturated carbocycles. The van der Waals surface area contributed by atoms with E-state index in [1.165, 1.54) is 23.9 Å². The van der Waals surface area contributed by atoms with Gasteiger partial charge in [0, 0.05) is 19.3 Å². The molecule has 2 N–H and O–H groups in total. The van der Waals surface area contributed by atoms with Gasteiger partial charge in [-0.3, -0.25) is 14.4 Å². The highest BCUT2D eigenvalue weighted by Crippen LogP contribution is 2.29. The van der Waals surface area contributed by atoms with Crippen LogP contribution in [0.1, 0.15) is 52.6 Å². The fourth-order valence-electron chi connectivity index (χ4n) is 3.15. The number of nitrogens with zero attached hydrogens (tertiary/aromatic N) is 1. The molecule has 0 saturated heterocycles. The second-order valence-corrected chi connectivity index (χ2v) is 7.18. The summed E-state index contributed by atoms with van der Waals surface area (Å²) in [6.07, 6.45) is 2.45. The fraction of sp³-hybridized carbons (Fsp3) is 0.381. The molecule has 3 rings (SSSR count). The SMILES string of the molecule is CNC(=O)c1cc(C(=O)N[C@H]2C[C@@H]2C)cn([C@@H](C)c2cccc(OC)c2)c1=O. The van der Waals surface area contributed by atoms with Crippen LogP contribution < -0.4 is 20.9 Å². The summed E-state index contributed by atoms with van der Waals surface area (Å²) in [5.41, 5.74) is 0.601. The van der Waals surface area contributed by atoms with Gasteiger partial charge in [-0.1, -0.05) is 19.1 Å². The molecule has 1 heterocycles. The minimum atomic E-state index is -0.522. The first-order valence-electron chi connectivity index (χ1n) is 9.28. The number of rotatable bonds is 6. The Morgan fingerprint density at radius 1 is 1.25 bits per heavy atom. The van der Waals surface area contributed by atoms with E-state index in [1.807, 2.05) is 31.2 Å². The number of carbonyl (C=O) groups excluding carboxylic acids is 2. The quantitative estimate of drug-likeness (QED) is 0.798. The minimum absolute atomic E-state index is 0.0614. The first kappa shape index (κ1) is 19.7. The van der Waals surface area contributed by atoms with Gasteiger partial charge in [0.05, 0.1) is 18.7 Å². The lowest BCUT2D eigenvalue weighted by Gasteiger charge is -2.19. The summed E-state index contributed by atoms with van der Waals surface area (Å²) < 4.78 is 6.68. The lowest BCUT2D eigenvalue weighted by Crippen LogP contribution is -2.35. The van der Waals surface area contributed by atoms with Crippen LogP contribution in [0.3, 0.4) is 0 Å². The number of hydrogen-bond acceptors (Lipinski definition) is 4. The zero-order chi connectivity index (χ0) is 20.4. The Hall–Kier alpha value is -3.09. The lowest BCUT2D eigenvalue weighted by molar-refractivity contribution is 0.0948. The maximum atomic E-state index is 12.9. The van der Waals surface area contributed by atoms with Gasteiger partial charge in [0.2, 0.25) is 0 Å². The maximum absolute atomic E-state index is 12.9. The number of nitrogens with one attached hydrogen (secondary N) is 2. The smallest absolute Gasteiger partial charge is 0.264 e. The van der Waals surface area contributed by atoms with Gasteiger partial charge in [0.25, 0.3) is 17.4 Å². The predicted octanol–water partition coefficient (Wildman–Crippen LogP) is 1.96. The summed E-state index contributed by atoms with van der Waals surface area (Å²) in [5.74, 6) is 0.307. The van der Waals surface area contributed by atoms with Crippen molar-refractivity contribution in [3.63, 3.8) is 0 Å². The molecule has 0 aliphatic heterocycles. The second-order valence-electron chi connectivity index (χ2n) is 7.18. The van der Waals surface area contributed by atoms with Gasteiger partial charge in [-0.15, -0.1) is 0 Å². The largest absolute Gasteiger partial charge is 0.497 e. The molecule has 7 nitrogen and oxygen atoms in total. The summed E-state index contributed by atoms with van der Waals surface area (Å²) in [5, 5.41) is 5.41.